The summed E-state index contributed by atoms with van der Waals surface area (Å²) in [7, 11) is 0. The molecule has 1 fully saturated rings. The van der Waals surface area contributed by atoms with E-state index in [9.17, 15) is 9.50 Å². The summed E-state index contributed by atoms with van der Waals surface area (Å²) >= 11 is 0. The quantitative estimate of drug-likeness (QED) is 0.719. The molecule has 0 radical (unpaired) electrons. The number of hydrogen-bond acceptors (Lipinski definition) is 5. The lowest BCUT2D eigenvalue weighted by Gasteiger charge is -2.36. The minimum Gasteiger partial charge on any atom is -0.388 e. The number of rotatable bonds is 4. The fourth-order valence-corrected chi connectivity index (χ4v) is 3.89. The van der Waals surface area contributed by atoms with E-state index >= 15 is 0 Å². The average Bonchev–Trinajstić information content (AvgIpc) is 2.76. The van der Waals surface area contributed by atoms with Gasteiger partial charge in [-0.25, -0.2) is 14.4 Å². The molecule has 6 heteroatoms. The fraction of sp³-hybridized carbons (Fsp3) is 0.348. The zero-order valence-electron chi connectivity index (χ0n) is 16.7. The number of halogens is 1. The molecule has 29 heavy (non-hydrogen) atoms. The van der Waals surface area contributed by atoms with Crippen LogP contribution in [0.1, 0.15) is 35.8 Å². The lowest BCUT2D eigenvalue weighted by molar-refractivity contribution is 0.0928. The zero-order valence-corrected chi connectivity index (χ0v) is 16.7. The number of hydrogen-bond donors (Lipinski definition) is 1. The molecule has 0 bridgehead atoms. The number of aryl methyl sites for hydroxylation is 1. The van der Waals surface area contributed by atoms with E-state index in [1.54, 1.807) is 18.3 Å². The highest BCUT2D eigenvalue weighted by Gasteiger charge is 2.28. The van der Waals surface area contributed by atoms with Crippen LogP contribution in [-0.4, -0.2) is 33.1 Å². The van der Waals surface area contributed by atoms with Crippen molar-refractivity contribution in [1.82, 2.24) is 15.0 Å². The lowest BCUT2D eigenvalue weighted by atomic mass is 9.87. The summed E-state index contributed by atoms with van der Waals surface area (Å²) in [5.74, 6) is 1.44. The molecule has 0 saturated carbocycles. The molecule has 0 amide bonds. The molecule has 1 N–H and O–H groups in total. The molecular formula is C23H25FN4O. The molecule has 3 heterocycles. The number of aromatic nitrogens is 3. The van der Waals surface area contributed by atoms with E-state index in [1.165, 1.54) is 12.1 Å². The lowest BCUT2D eigenvalue weighted by Crippen LogP contribution is -2.36. The summed E-state index contributed by atoms with van der Waals surface area (Å²) < 4.78 is 13.2. The fourth-order valence-electron chi connectivity index (χ4n) is 3.89. The van der Waals surface area contributed by atoms with Crippen LogP contribution in [0.15, 0.2) is 48.7 Å². The summed E-state index contributed by atoms with van der Waals surface area (Å²) in [6.45, 7) is 5.66. The third-order valence-electron chi connectivity index (χ3n) is 5.75. The van der Waals surface area contributed by atoms with E-state index in [0.29, 0.717) is 5.82 Å². The van der Waals surface area contributed by atoms with Crippen LogP contribution in [0.2, 0.25) is 0 Å². The molecule has 4 rings (SSSR count). The van der Waals surface area contributed by atoms with Gasteiger partial charge >= 0.3 is 0 Å². The molecule has 3 aromatic rings. The van der Waals surface area contributed by atoms with Crippen LogP contribution in [-0.2, 0) is 0 Å². The van der Waals surface area contributed by atoms with Gasteiger partial charge in [0, 0.05) is 30.5 Å². The van der Waals surface area contributed by atoms with Crippen LogP contribution in [0.3, 0.4) is 0 Å². The predicted molar refractivity (Wildman–Crippen MR) is 111 cm³/mol. The van der Waals surface area contributed by atoms with Gasteiger partial charge in [0.05, 0.1) is 6.10 Å². The minimum atomic E-state index is -0.574. The summed E-state index contributed by atoms with van der Waals surface area (Å²) in [6.07, 6.45) is 2.87. The zero-order chi connectivity index (χ0) is 20.4. The molecule has 2 aromatic heterocycles. The van der Waals surface area contributed by atoms with Gasteiger partial charge < -0.3 is 10.0 Å². The van der Waals surface area contributed by atoms with Crippen LogP contribution >= 0.6 is 0 Å². The van der Waals surface area contributed by atoms with Crippen molar-refractivity contribution in [2.24, 2.45) is 5.92 Å². The molecule has 1 aliphatic rings. The summed E-state index contributed by atoms with van der Waals surface area (Å²) in [6, 6.07) is 11.9. The Morgan fingerprint density at radius 1 is 1.03 bits per heavy atom. The van der Waals surface area contributed by atoms with E-state index in [1.807, 2.05) is 32.0 Å². The first-order chi connectivity index (χ1) is 14.0. The van der Waals surface area contributed by atoms with Gasteiger partial charge in [-0.2, -0.15) is 0 Å². The van der Waals surface area contributed by atoms with Crippen LogP contribution in [0, 0.1) is 25.6 Å². The largest absolute Gasteiger partial charge is 0.388 e. The number of aliphatic hydroxyl groups excluding tert-OH is 1. The molecule has 1 unspecified atom stereocenters. The highest BCUT2D eigenvalue weighted by molar-refractivity contribution is 5.57. The predicted octanol–water partition coefficient (Wildman–Crippen LogP) is 4.24. The third kappa shape index (κ3) is 4.12. The smallest absolute Gasteiger partial charge is 0.180 e. The second-order valence-corrected chi connectivity index (χ2v) is 7.62. The normalized spacial score (nSPS) is 16.1. The molecule has 1 atom stereocenters. The Morgan fingerprint density at radius 2 is 1.76 bits per heavy atom. The van der Waals surface area contributed by atoms with Crippen molar-refractivity contribution >= 4 is 5.82 Å². The van der Waals surface area contributed by atoms with E-state index < -0.39 is 6.10 Å². The molecule has 150 valence electrons. The van der Waals surface area contributed by atoms with Gasteiger partial charge in [0.15, 0.2) is 5.82 Å². The Morgan fingerprint density at radius 3 is 2.41 bits per heavy atom. The molecule has 0 spiro atoms. The average molecular weight is 392 g/mol. The van der Waals surface area contributed by atoms with Gasteiger partial charge in [-0.1, -0.05) is 18.2 Å². The maximum Gasteiger partial charge on any atom is 0.180 e. The summed E-state index contributed by atoms with van der Waals surface area (Å²) in [5, 5.41) is 10.7. The van der Waals surface area contributed by atoms with E-state index in [0.717, 1.165) is 54.3 Å². The molecule has 1 aromatic carbocycles. The number of anilines is 1. The Hall–Kier alpha value is -2.86. The van der Waals surface area contributed by atoms with Gasteiger partial charge in [-0.15, -0.1) is 0 Å². The monoisotopic (exact) mass is 392 g/mol. The van der Waals surface area contributed by atoms with Crippen LogP contribution in [0.25, 0.3) is 11.5 Å². The first-order valence-corrected chi connectivity index (χ1v) is 9.98. The molecule has 5 nitrogen and oxygen atoms in total. The van der Waals surface area contributed by atoms with Crippen LogP contribution in [0.4, 0.5) is 10.2 Å². The van der Waals surface area contributed by atoms with Crippen molar-refractivity contribution in [3.63, 3.8) is 0 Å². The van der Waals surface area contributed by atoms with Gasteiger partial charge in [-0.3, -0.25) is 4.98 Å². The second kappa shape index (κ2) is 8.25. The second-order valence-electron chi connectivity index (χ2n) is 7.62. The van der Waals surface area contributed by atoms with Gasteiger partial charge in [0.2, 0.25) is 0 Å². The Bertz CT molecular complexity index is 970. The van der Waals surface area contributed by atoms with Crippen molar-refractivity contribution in [3.05, 3.63) is 71.3 Å². The van der Waals surface area contributed by atoms with Crippen molar-refractivity contribution in [3.8, 4) is 11.5 Å². The van der Waals surface area contributed by atoms with Crippen LogP contribution in [0.5, 0.6) is 0 Å². The first kappa shape index (κ1) is 19.5. The maximum atomic E-state index is 13.2. The minimum absolute atomic E-state index is 0.148. The van der Waals surface area contributed by atoms with Crippen molar-refractivity contribution in [1.29, 1.82) is 0 Å². The Labute approximate surface area is 170 Å². The first-order valence-electron chi connectivity index (χ1n) is 9.98. The highest BCUT2D eigenvalue weighted by Crippen LogP contribution is 2.33. The van der Waals surface area contributed by atoms with Gasteiger partial charge in [0.25, 0.3) is 0 Å². The molecule has 1 aliphatic heterocycles. The number of benzene rings is 1. The van der Waals surface area contributed by atoms with Crippen molar-refractivity contribution in [2.75, 3.05) is 18.0 Å². The Balaban J connectivity index is 1.51. The van der Waals surface area contributed by atoms with E-state index in [2.05, 4.69) is 14.9 Å². The van der Waals surface area contributed by atoms with Crippen LogP contribution < -0.4 is 4.90 Å². The SMILES string of the molecule is Cc1nc(-c2ccccn2)nc(N2CCC(C(O)c3ccc(F)cc3)CC2)c1C. The maximum absolute atomic E-state index is 13.2. The third-order valence-corrected chi connectivity index (χ3v) is 5.75. The molecule has 0 aliphatic carbocycles. The topological polar surface area (TPSA) is 62.1 Å². The molecular weight excluding hydrogens is 367 g/mol. The Kier molecular flexibility index (Phi) is 5.53. The number of pyridine rings is 1. The number of nitrogens with zero attached hydrogens (tertiary/aromatic N) is 4. The molecule has 1 saturated heterocycles. The number of piperidine rings is 1. The van der Waals surface area contributed by atoms with Gasteiger partial charge in [-0.05, 0) is 62.4 Å². The van der Waals surface area contributed by atoms with Crippen molar-refractivity contribution in [2.45, 2.75) is 32.8 Å². The van der Waals surface area contributed by atoms with Crippen molar-refractivity contribution < 1.29 is 9.50 Å². The number of aliphatic hydroxyl groups is 1. The van der Waals surface area contributed by atoms with E-state index in [4.69, 9.17) is 4.98 Å². The summed E-state index contributed by atoms with van der Waals surface area (Å²) in [5.41, 5.74) is 3.56. The van der Waals surface area contributed by atoms with E-state index in [-0.39, 0.29) is 11.7 Å². The standard InChI is InChI=1S/C23H25FN4O/c1-15-16(2)26-22(20-5-3-4-12-25-20)27-23(15)28-13-10-18(11-14-28)21(29)17-6-8-19(24)9-7-17/h3-9,12,18,21,29H,10-11,13-14H2,1-2H3. The highest BCUT2D eigenvalue weighted by atomic mass is 19.1. The van der Waals surface area contributed by atoms with Gasteiger partial charge in [0.1, 0.15) is 17.3 Å². The summed E-state index contributed by atoms with van der Waals surface area (Å²) in [4.78, 5) is 16.1.